The van der Waals surface area contributed by atoms with Gasteiger partial charge >= 0.3 is 0 Å². The molecule has 0 aliphatic carbocycles. The average molecular weight is 346 g/mol. The van der Waals surface area contributed by atoms with E-state index in [1.165, 1.54) is 22.3 Å². The van der Waals surface area contributed by atoms with E-state index in [4.69, 9.17) is 0 Å². The van der Waals surface area contributed by atoms with Crippen LogP contribution in [-0.4, -0.2) is 6.54 Å². The Bertz CT molecular complexity index is 572. The Morgan fingerprint density at radius 2 is 1.71 bits per heavy atom. The number of nitrogens with one attached hydrogen (secondary N) is 1. The molecule has 0 bridgehead atoms. The summed E-state index contributed by atoms with van der Waals surface area (Å²) >= 11 is 3.59. The van der Waals surface area contributed by atoms with Crippen molar-refractivity contribution in [2.45, 2.75) is 39.7 Å². The lowest BCUT2D eigenvalue weighted by Gasteiger charge is -2.21. The first kappa shape index (κ1) is 16.3. The van der Waals surface area contributed by atoms with Gasteiger partial charge in [-0.15, -0.1) is 0 Å². The van der Waals surface area contributed by atoms with Crippen LogP contribution in [-0.2, 0) is 6.42 Å². The van der Waals surface area contributed by atoms with Gasteiger partial charge in [0.2, 0.25) is 0 Å². The first-order chi connectivity index (χ1) is 10.1. The molecule has 2 aromatic rings. The molecular formula is C19H24BrN. The molecule has 1 atom stereocenters. The van der Waals surface area contributed by atoms with E-state index in [1.807, 2.05) is 0 Å². The molecule has 0 spiro atoms. The van der Waals surface area contributed by atoms with Crippen molar-refractivity contribution < 1.29 is 0 Å². The fourth-order valence-corrected chi connectivity index (χ4v) is 3.14. The molecule has 112 valence electrons. The number of rotatable bonds is 6. The molecule has 0 saturated heterocycles. The molecule has 0 saturated carbocycles. The van der Waals surface area contributed by atoms with Crippen molar-refractivity contribution in [2.24, 2.45) is 0 Å². The van der Waals surface area contributed by atoms with Crippen LogP contribution in [0.4, 0.5) is 0 Å². The van der Waals surface area contributed by atoms with Crippen LogP contribution >= 0.6 is 15.9 Å². The molecule has 2 rings (SSSR count). The summed E-state index contributed by atoms with van der Waals surface area (Å²) in [6.07, 6.45) is 2.19. The third-order valence-corrected chi connectivity index (χ3v) is 4.44. The summed E-state index contributed by atoms with van der Waals surface area (Å²) in [5.41, 5.74) is 5.58. The average Bonchev–Trinajstić information content (AvgIpc) is 2.46. The third-order valence-electron chi connectivity index (χ3n) is 3.94. The van der Waals surface area contributed by atoms with Crippen LogP contribution in [0.3, 0.4) is 0 Å². The van der Waals surface area contributed by atoms with E-state index < -0.39 is 0 Å². The van der Waals surface area contributed by atoms with E-state index in [0.717, 1.165) is 23.9 Å². The van der Waals surface area contributed by atoms with E-state index in [1.54, 1.807) is 0 Å². The van der Waals surface area contributed by atoms with Gasteiger partial charge in [0.1, 0.15) is 0 Å². The van der Waals surface area contributed by atoms with Crippen molar-refractivity contribution in [3.63, 3.8) is 0 Å². The first-order valence-corrected chi connectivity index (χ1v) is 8.45. The van der Waals surface area contributed by atoms with Crippen LogP contribution in [0.25, 0.3) is 0 Å². The van der Waals surface area contributed by atoms with Crippen LogP contribution in [0.15, 0.2) is 46.9 Å². The van der Waals surface area contributed by atoms with E-state index in [0.29, 0.717) is 6.04 Å². The summed E-state index contributed by atoms with van der Waals surface area (Å²) < 4.78 is 1.14. The highest BCUT2D eigenvalue weighted by molar-refractivity contribution is 9.10. The minimum Gasteiger partial charge on any atom is -0.310 e. The van der Waals surface area contributed by atoms with Gasteiger partial charge in [-0.25, -0.2) is 0 Å². The van der Waals surface area contributed by atoms with Crippen molar-refractivity contribution in [1.82, 2.24) is 5.32 Å². The zero-order valence-electron chi connectivity index (χ0n) is 13.1. The lowest BCUT2D eigenvalue weighted by molar-refractivity contribution is 0.527. The summed E-state index contributed by atoms with van der Waals surface area (Å²) in [6.45, 7) is 7.67. The highest BCUT2D eigenvalue weighted by atomic mass is 79.9. The maximum atomic E-state index is 3.70. The van der Waals surface area contributed by atoms with Gasteiger partial charge in [0.25, 0.3) is 0 Å². The van der Waals surface area contributed by atoms with E-state index >= 15 is 0 Å². The fraction of sp³-hybridized carbons (Fsp3) is 0.368. The van der Waals surface area contributed by atoms with Crippen LogP contribution in [0, 0.1) is 13.8 Å². The second-order valence-electron chi connectivity index (χ2n) is 5.64. The maximum Gasteiger partial charge on any atom is 0.0361 e. The Balaban J connectivity index is 2.28. The Kier molecular flexibility index (Phi) is 6.01. The van der Waals surface area contributed by atoms with E-state index in [-0.39, 0.29) is 0 Å². The number of halogens is 1. The van der Waals surface area contributed by atoms with Crippen LogP contribution < -0.4 is 5.32 Å². The van der Waals surface area contributed by atoms with Gasteiger partial charge in [-0.05, 0) is 67.6 Å². The number of benzene rings is 2. The van der Waals surface area contributed by atoms with Gasteiger partial charge in [0, 0.05) is 10.5 Å². The van der Waals surface area contributed by atoms with Crippen molar-refractivity contribution in [3.8, 4) is 0 Å². The minimum atomic E-state index is 0.363. The molecular weight excluding hydrogens is 322 g/mol. The number of hydrogen-bond acceptors (Lipinski definition) is 1. The summed E-state index contributed by atoms with van der Waals surface area (Å²) in [7, 11) is 0. The minimum absolute atomic E-state index is 0.363. The van der Waals surface area contributed by atoms with Gasteiger partial charge in [0.05, 0.1) is 0 Å². The van der Waals surface area contributed by atoms with E-state index in [9.17, 15) is 0 Å². The topological polar surface area (TPSA) is 12.0 Å². The summed E-state index contributed by atoms with van der Waals surface area (Å²) in [4.78, 5) is 0. The molecule has 0 aliphatic rings. The van der Waals surface area contributed by atoms with Crippen molar-refractivity contribution >= 4 is 15.9 Å². The maximum absolute atomic E-state index is 3.70. The first-order valence-electron chi connectivity index (χ1n) is 7.65. The standard InChI is InChI=1S/C19H24BrN/c1-4-11-21-19(16-9-6-10-17(20)12-16)13-18-14(2)7-5-8-15(18)3/h5-10,12,19,21H,4,11,13H2,1-3H3. The molecule has 1 nitrogen and oxygen atoms in total. The van der Waals surface area contributed by atoms with Crippen LogP contribution in [0.1, 0.15) is 41.6 Å². The second-order valence-corrected chi connectivity index (χ2v) is 6.55. The molecule has 0 amide bonds. The van der Waals surface area contributed by atoms with E-state index in [2.05, 4.69) is 84.5 Å². The smallest absolute Gasteiger partial charge is 0.0361 e. The highest BCUT2D eigenvalue weighted by Gasteiger charge is 2.14. The zero-order valence-corrected chi connectivity index (χ0v) is 14.7. The van der Waals surface area contributed by atoms with Crippen molar-refractivity contribution in [3.05, 3.63) is 69.2 Å². The summed E-state index contributed by atoms with van der Waals surface area (Å²) in [5, 5.41) is 3.70. The molecule has 1 N–H and O–H groups in total. The number of hydrogen-bond donors (Lipinski definition) is 1. The molecule has 0 heterocycles. The van der Waals surface area contributed by atoms with Crippen LogP contribution in [0.5, 0.6) is 0 Å². The highest BCUT2D eigenvalue weighted by Crippen LogP contribution is 2.25. The monoisotopic (exact) mass is 345 g/mol. The molecule has 1 unspecified atom stereocenters. The normalized spacial score (nSPS) is 12.4. The zero-order chi connectivity index (χ0) is 15.2. The second kappa shape index (κ2) is 7.77. The molecule has 0 aromatic heterocycles. The molecule has 21 heavy (non-hydrogen) atoms. The quantitative estimate of drug-likeness (QED) is 0.743. The molecule has 0 aliphatic heterocycles. The Morgan fingerprint density at radius 3 is 2.33 bits per heavy atom. The number of aryl methyl sites for hydroxylation is 2. The van der Waals surface area contributed by atoms with Gasteiger partial charge in [0.15, 0.2) is 0 Å². The lowest BCUT2D eigenvalue weighted by Crippen LogP contribution is -2.24. The predicted octanol–water partition coefficient (Wildman–Crippen LogP) is 5.35. The predicted molar refractivity (Wildman–Crippen MR) is 94.8 cm³/mol. The van der Waals surface area contributed by atoms with Gasteiger partial charge < -0.3 is 5.32 Å². The Morgan fingerprint density at radius 1 is 1.05 bits per heavy atom. The van der Waals surface area contributed by atoms with Crippen molar-refractivity contribution in [1.29, 1.82) is 0 Å². The Labute approximate surface area is 136 Å². The molecule has 2 aromatic carbocycles. The third kappa shape index (κ3) is 4.42. The van der Waals surface area contributed by atoms with Gasteiger partial charge in [-0.3, -0.25) is 0 Å². The summed E-state index contributed by atoms with van der Waals surface area (Å²) in [6, 6.07) is 15.6. The summed E-state index contributed by atoms with van der Waals surface area (Å²) in [5.74, 6) is 0. The Hall–Kier alpha value is -1.12. The van der Waals surface area contributed by atoms with Gasteiger partial charge in [-0.1, -0.05) is 53.2 Å². The van der Waals surface area contributed by atoms with Crippen LogP contribution in [0.2, 0.25) is 0 Å². The largest absolute Gasteiger partial charge is 0.310 e. The SMILES string of the molecule is CCCNC(Cc1c(C)cccc1C)c1cccc(Br)c1. The lowest BCUT2D eigenvalue weighted by atomic mass is 9.93. The van der Waals surface area contributed by atoms with Gasteiger partial charge in [-0.2, -0.15) is 0 Å². The fourth-order valence-electron chi connectivity index (χ4n) is 2.72. The molecule has 0 fully saturated rings. The van der Waals surface area contributed by atoms with Crippen molar-refractivity contribution in [2.75, 3.05) is 6.54 Å². The molecule has 0 radical (unpaired) electrons. The molecule has 2 heteroatoms.